The summed E-state index contributed by atoms with van der Waals surface area (Å²) in [5.41, 5.74) is 2.50. The van der Waals surface area contributed by atoms with Crippen molar-refractivity contribution in [3.63, 3.8) is 0 Å². The topological polar surface area (TPSA) is 49.3 Å². The number of anilines is 1. The summed E-state index contributed by atoms with van der Waals surface area (Å²) in [6.45, 7) is 10.8. The van der Waals surface area contributed by atoms with Crippen molar-refractivity contribution in [3.8, 4) is 0 Å². The summed E-state index contributed by atoms with van der Waals surface area (Å²) in [6.07, 6.45) is 1.39. The highest BCUT2D eigenvalue weighted by atomic mass is 32.1. The second-order valence-electron chi connectivity index (χ2n) is 7.64. The molecular weight excluding hydrogens is 344 g/mol. The van der Waals surface area contributed by atoms with Crippen LogP contribution in [0.15, 0.2) is 24.3 Å². The van der Waals surface area contributed by atoms with Gasteiger partial charge in [0.15, 0.2) is 0 Å². The number of carbonyl (C=O) groups excluding carboxylic acids is 1. The van der Waals surface area contributed by atoms with Crippen LogP contribution in [0.5, 0.6) is 0 Å². The first-order valence-electron chi connectivity index (χ1n) is 9.35. The van der Waals surface area contributed by atoms with E-state index in [4.69, 9.17) is 4.98 Å². The molecule has 0 aliphatic carbocycles. The number of aromatic nitrogens is 2. The fourth-order valence-electron chi connectivity index (χ4n) is 3.30. The molecule has 0 N–H and O–H groups in total. The van der Waals surface area contributed by atoms with Gasteiger partial charge in [0.25, 0.3) is 0 Å². The van der Waals surface area contributed by atoms with Crippen molar-refractivity contribution in [2.45, 2.75) is 46.6 Å². The Balaban J connectivity index is 1.60. The maximum atomic E-state index is 12.4. The van der Waals surface area contributed by atoms with Crippen molar-refractivity contribution < 1.29 is 4.79 Å². The third kappa shape index (κ3) is 4.61. The summed E-state index contributed by atoms with van der Waals surface area (Å²) in [6, 6.07) is 8.73. The highest BCUT2D eigenvalue weighted by molar-refractivity contribution is 7.09. The zero-order valence-corrected chi connectivity index (χ0v) is 16.9. The smallest absolute Gasteiger partial charge is 0.223 e. The Hall–Kier alpha value is -1.95. The molecule has 0 saturated carbocycles. The molecule has 2 aromatic rings. The van der Waals surface area contributed by atoms with Crippen molar-refractivity contribution >= 4 is 22.6 Å². The van der Waals surface area contributed by atoms with Crippen molar-refractivity contribution in [1.29, 1.82) is 0 Å². The van der Waals surface area contributed by atoms with E-state index in [0.717, 1.165) is 37.0 Å². The Bertz CT molecular complexity index is 741. The van der Waals surface area contributed by atoms with Gasteiger partial charge in [0, 0.05) is 50.1 Å². The van der Waals surface area contributed by atoms with E-state index in [1.54, 1.807) is 0 Å². The van der Waals surface area contributed by atoms with E-state index in [-0.39, 0.29) is 11.9 Å². The lowest BCUT2D eigenvalue weighted by molar-refractivity contribution is -0.134. The van der Waals surface area contributed by atoms with Crippen molar-refractivity contribution in [2.24, 2.45) is 5.92 Å². The molecular formula is C20H28N4OS. The van der Waals surface area contributed by atoms with Gasteiger partial charge in [0.2, 0.25) is 11.0 Å². The molecule has 26 heavy (non-hydrogen) atoms. The first kappa shape index (κ1) is 18.8. The molecule has 1 saturated heterocycles. The molecule has 1 aliphatic heterocycles. The first-order chi connectivity index (χ1) is 12.4. The summed E-state index contributed by atoms with van der Waals surface area (Å²) in [7, 11) is 0. The van der Waals surface area contributed by atoms with Crippen molar-refractivity contribution in [2.75, 3.05) is 24.5 Å². The lowest BCUT2D eigenvalue weighted by atomic mass is 10.1. The summed E-state index contributed by atoms with van der Waals surface area (Å²) >= 11 is 1.46. The number of hydrogen-bond acceptors (Lipinski definition) is 5. The predicted octanol–water partition coefficient (Wildman–Crippen LogP) is 3.52. The molecule has 2 heterocycles. The van der Waals surface area contributed by atoms with E-state index in [0.29, 0.717) is 12.3 Å². The van der Waals surface area contributed by atoms with Gasteiger partial charge >= 0.3 is 0 Å². The minimum Gasteiger partial charge on any atom is -0.343 e. The molecule has 1 atom stereocenters. The zero-order valence-electron chi connectivity index (χ0n) is 16.1. The van der Waals surface area contributed by atoms with Gasteiger partial charge in [-0.1, -0.05) is 43.7 Å². The normalized spacial score (nSPS) is 17.8. The molecule has 1 fully saturated rings. The predicted molar refractivity (Wildman–Crippen MR) is 107 cm³/mol. The molecule has 1 aromatic heterocycles. The standard InChI is InChI=1S/C20H28N4OS/c1-14(2)11-19(25)24-10-9-23(13-16(24)4)20-21-18(22-26-20)12-17-7-5-15(3)6-8-17/h5-8,14,16H,9-13H2,1-4H3/t16-/m0/s1. The van der Waals surface area contributed by atoms with Crippen LogP contribution >= 0.6 is 11.5 Å². The molecule has 5 nitrogen and oxygen atoms in total. The number of carbonyl (C=O) groups is 1. The fourth-order valence-corrected chi connectivity index (χ4v) is 4.02. The Labute approximate surface area is 160 Å². The Morgan fingerprint density at radius 2 is 2.00 bits per heavy atom. The highest BCUT2D eigenvalue weighted by Crippen LogP contribution is 2.23. The van der Waals surface area contributed by atoms with E-state index in [9.17, 15) is 4.79 Å². The number of amides is 1. The van der Waals surface area contributed by atoms with Crippen LogP contribution in [0.25, 0.3) is 0 Å². The first-order valence-corrected chi connectivity index (χ1v) is 10.1. The van der Waals surface area contributed by atoms with Crippen molar-refractivity contribution in [1.82, 2.24) is 14.3 Å². The number of benzene rings is 1. The second kappa shape index (κ2) is 8.16. The Morgan fingerprint density at radius 1 is 1.27 bits per heavy atom. The molecule has 1 aliphatic rings. The van der Waals surface area contributed by atoms with Gasteiger partial charge in [0.05, 0.1) is 0 Å². The molecule has 0 bridgehead atoms. The Kier molecular flexibility index (Phi) is 5.91. The van der Waals surface area contributed by atoms with E-state index in [2.05, 4.69) is 61.2 Å². The van der Waals surface area contributed by atoms with Gasteiger partial charge in [-0.05, 0) is 25.3 Å². The van der Waals surface area contributed by atoms with E-state index < -0.39 is 0 Å². The molecule has 3 rings (SSSR count). The minimum atomic E-state index is 0.208. The monoisotopic (exact) mass is 372 g/mol. The fraction of sp³-hybridized carbons (Fsp3) is 0.550. The molecule has 0 spiro atoms. The summed E-state index contributed by atoms with van der Waals surface area (Å²) < 4.78 is 4.54. The number of nitrogens with zero attached hydrogens (tertiary/aromatic N) is 4. The molecule has 0 unspecified atom stereocenters. The van der Waals surface area contributed by atoms with Crippen LogP contribution in [0.1, 0.15) is 44.1 Å². The van der Waals surface area contributed by atoms with E-state index in [1.807, 2.05) is 4.90 Å². The van der Waals surface area contributed by atoms with Crippen LogP contribution in [0.2, 0.25) is 0 Å². The van der Waals surface area contributed by atoms with Crippen LogP contribution in [0.4, 0.5) is 5.13 Å². The molecule has 0 radical (unpaired) electrons. The molecule has 140 valence electrons. The van der Waals surface area contributed by atoms with E-state index >= 15 is 0 Å². The van der Waals surface area contributed by atoms with Gasteiger partial charge in [-0.2, -0.15) is 4.37 Å². The zero-order chi connectivity index (χ0) is 18.7. The van der Waals surface area contributed by atoms with Gasteiger partial charge in [-0.25, -0.2) is 4.98 Å². The maximum Gasteiger partial charge on any atom is 0.223 e. The summed E-state index contributed by atoms with van der Waals surface area (Å²) in [4.78, 5) is 21.4. The summed E-state index contributed by atoms with van der Waals surface area (Å²) in [5.74, 6) is 1.55. The number of aryl methyl sites for hydroxylation is 1. The second-order valence-corrected chi connectivity index (χ2v) is 8.37. The van der Waals surface area contributed by atoms with Crippen LogP contribution in [0.3, 0.4) is 0 Å². The van der Waals surface area contributed by atoms with Crippen LogP contribution in [-0.4, -0.2) is 45.8 Å². The molecule has 1 aromatic carbocycles. The lowest BCUT2D eigenvalue weighted by Crippen LogP contribution is -2.54. The van der Waals surface area contributed by atoms with Crippen LogP contribution in [0, 0.1) is 12.8 Å². The van der Waals surface area contributed by atoms with E-state index in [1.165, 1.54) is 22.7 Å². The van der Waals surface area contributed by atoms with Crippen molar-refractivity contribution in [3.05, 3.63) is 41.2 Å². The largest absolute Gasteiger partial charge is 0.343 e. The third-order valence-electron chi connectivity index (χ3n) is 4.74. The minimum absolute atomic E-state index is 0.208. The molecule has 1 amide bonds. The Morgan fingerprint density at radius 3 is 2.65 bits per heavy atom. The van der Waals surface area contributed by atoms with Gasteiger partial charge in [-0.3, -0.25) is 4.79 Å². The highest BCUT2D eigenvalue weighted by Gasteiger charge is 2.29. The third-order valence-corrected chi connectivity index (χ3v) is 5.56. The van der Waals surface area contributed by atoms with Gasteiger partial charge in [0.1, 0.15) is 5.82 Å². The lowest BCUT2D eigenvalue weighted by Gasteiger charge is -2.40. The summed E-state index contributed by atoms with van der Waals surface area (Å²) in [5, 5.41) is 0.968. The number of rotatable bonds is 5. The quantitative estimate of drug-likeness (QED) is 0.806. The maximum absolute atomic E-state index is 12.4. The number of hydrogen-bond donors (Lipinski definition) is 0. The van der Waals surface area contributed by atoms with Gasteiger partial charge in [-0.15, -0.1) is 0 Å². The number of piperazine rings is 1. The van der Waals surface area contributed by atoms with Crippen LogP contribution in [-0.2, 0) is 11.2 Å². The van der Waals surface area contributed by atoms with Crippen LogP contribution < -0.4 is 4.90 Å². The van der Waals surface area contributed by atoms with Gasteiger partial charge < -0.3 is 9.80 Å². The molecule has 6 heteroatoms. The average Bonchev–Trinajstić information content (AvgIpc) is 3.04. The SMILES string of the molecule is Cc1ccc(Cc2nsc(N3CCN(C(=O)CC(C)C)[C@@H](C)C3)n2)cc1. The average molecular weight is 373 g/mol.